The van der Waals surface area contributed by atoms with Crippen molar-refractivity contribution in [3.63, 3.8) is 0 Å². The molecule has 0 fully saturated rings. The minimum Gasteiger partial charge on any atom is -0.478 e. The van der Waals surface area contributed by atoms with Crippen LogP contribution in [0.3, 0.4) is 0 Å². The lowest BCUT2D eigenvalue weighted by atomic mass is 10.2. The zero-order chi connectivity index (χ0) is 12.6. The second-order valence-electron chi connectivity index (χ2n) is 4.21. The molecule has 0 saturated heterocycles. The average molecular weight is 229 g/mol. The van der Waals surface area contributed by atoms with Gasteiger partial charge in [0.15, 0.2) is 0 Å². The van der Waals surface area contributed by atoms with Gasteiger partial charge >= 0.3 is 5.97 Å². The van der Waals surface area contributed by atoms with Crippen molar-refractivity contribution in [3.05, 3.63) is 52.8 Å². The van der Waals surface area contributed by atoms with Crippen molar-refractivity contribution >= 4 is 5.97 Å². The Morgan fingerprint density at radius 3 is 2.35 bits per heavy atom. The third kappa shape index (κ3) is 1.84. The Bertz CT molecular complexity index is 582. The summed E-state index contributed by atoms with van der Waals surface area (Å²) in [4.78, 5) is 11.1. The molecule has 0 bridgehead atoms. The maximum atomic E-state index is 11.1. The van der Waals surface area contributed by atoms with Crippen LogP contribution in [0.2, 0.25) is 0 Å². The average Bonchev–Trinajstić information content (AvgIpc) is 2.56. The number of carbonyl (C=O) groups is 1. The van der Waals surface area contributed by atoms with E-state index in [-0.39, 0.29) is 0 Å². The normalized spacial score (nSPS) is 10.5. The molecule has 1 N–H and O–H groups in total. The minimum absolute atomic E-state index is 0.366. The summed E-state index contributed by atoms with van der Waals surface area (Å²) in [6.07, 6.45) is 0. The number of para-hydroxylation sites is 1. The topological polar surface area (TPSA) is 42.2 Å². The van der Waals surface area contributed by atoms with Crippen molar-refractivity contribution in [2.24, 2.45) is 0 Å². The Hall–Kier alpha value is -2.03. The van der Waals surface area contributed by atoms with Gasteiger partial charge in [-0.25, -0.2) is 4.79 Å². The lowest BCUT2D eigenvalue weighted by molar-refractivity contribution is 0.0696. The molecule has 2 aromatic rings. The highest BCUT2D eigenvalue weighted by Gasteiger charge is 2.16. The summed E-state index contributed by atoms with van der Waals surface area (Å²) in [7, 11) is 0. The molecule has 0 aliphatic carbocycles. The van der Waals surface area contributed by atoms with Crippen LogP contribution in [0.15, 0.2) is 30.3 Å². The van der Waals surface area contributed by atoms with Crippen molar-refractivity contribution in [1.29, 1.82) is 0 Å². The van der Waals surface area contributed by atoms with Crippen molar-refractivity contribution in [2.75, 3.05) is 0 Å². The lowest BCUT2D eigenvalue weighted by Crippen LogP contribution is -2.03. The van der Waals surface area contributed by atoms with E-state index >= 15 is 0 Å². The summed E-state index contributed by atoms with van der Waals surface area (Å²) in [5, 5.41) is 9.11. The van der Waals surface area contributed by atoms with Crippen LogP contribution < -0.4 is 0 Å². The van der Waals surface area contributed by atoms with Crippen LogP contribution in [0.5, 0.6) is 0 Å². The molecule has 0 amide bonds. The molecule has 1 aromatic carbocycles. The number of aromatic carboxylic acids is 1. The lowest BCUT2D eigenvalue weighted by Gasteiger charge is -2.12. The molecule has 3 heteroatoms. The van der Waals surface area contributed by atoms with E-state index in [1.165, 1.54) is 0 Å². The summed E-state index contributed by atoms with van der Waals surface area (Å²) in [5.74, 6) is -0.877. The Morgan fingerprint density at radius 2 is 1.82 bits per heavy atom. The minimum atomic E-state index is -0.877. The van der Waals surface area contributed by atoms with Crippen LogP contribution in [-0.2, 0) is 0 Å². The third-order valence-corrected chi connectivity index (χ3v) is 3.02. The van der Waals surface area contributed by atoms with Gasteiger partial charge in [-0.3, -0.25) is 0 Å². The van der Waals surface area contributed by atoms with E-state index in [4.69, 9.17) is 5.11 Å². The van der Waals surface area contributed by atoms with Crippen LogP contribution >= 0.6 is 0 Å². The van der Waals surface area contributed by atoms with Gasteiger partial charge in [0, 0.05) is 17.1 Å². The highest BCUT2D eigenvalue weighted by atomic mass is 16.4. The molecule has 0 spiro atoms. The zero-order valence-corrected chi connectivity index (χ0v) is 10.2. The van der Waals surface area contributed by atoms with E-state index in [0.717, 1.165) is 22.6 Å². The molecule has 0 saturated carbocycles. The first-order chi connectivity index (χ1) is 8.02. The largest absolute Gasteiger partial charge is 0.478 e. The van der Waals surface area contributed by atoms with E-state index in [0.29, 0.717) is 5.56 Å². The highest BCUT2D eigenvalue weighted by Crippen LogP contribution is 2.22. The van der Waals surface area contributed by atoms with Crippen molar-refractivity contribution in [1.82, 2.24) is 4.57 Å². The SMILES string of the molecule is Cc1ccccc1-n1c(C)cc(C(=O)O)c1C. The zero-order valence-electron chi connectivity index (χ0n) is 10.2. The predicted molar refractivity (Wildman–Crippen MR) is 66.9 cm³/mol. The number of hydrogen-bond acceptors (Lipinski definition) is 1. The monoisotopic (exact) mass is 229 g/mol. The van der Waals surface area contributed by atoms with Crippen LogP contribution in [0.4, 0.5) is 0 Å². The van der Waals surface area contributed by atoms with Crippen molar-refractivity contribution in [3.8, 4) is 5.69 Å². The summed E-state index contributed by atoms with van der Waals surface area (Å²) in [5.41, 5.74) is 4.24. The quantitative estimate of drug-likeness (QED) is 0.859. The van der Waals surface area contributed by atoms with Crippen LogP contribution in [0, 0.1) is 20.8 Å². The predicted octanol–water partition coefficient (Wildman–Crippen LogP) is 3.10. The molecule has 17 heavy (non-hydrogen) atoms. The number of hydrogen-bond donors (Lipinski definition) is 1. The van der Waals surface area contributed by atoms with E-state index in [1.807, 2.05) is 49.6 Å². The number of rotatable bonds is 2. The summed E-state index contributed by atoms with van der Waals surface area (Å²) in [6.45, 7) is 5.78. The van der Waals surface area contributed by atoms with Gasteiger partial charge in [0.05, 0.1) is 5.56 Å². The number of carboxylic acids is 1. The number of benzene rings is 1. The van der Waals surface area contributed by atoms with Crippen LogP contribution in [-0.4, -0.2) is 15.6 Å². The van der Waals surface area contributed by atoms with E-state index < -0.39 is 5.97 Å². The summed E-state index contributed by atoms with van der Waals surface area (Å²) >= 11 is 0. The van der Waals surface area contributed by atoms with E-state index in [9.17, 15) is 4.79 Å². The first-order valence-electron chi connectivity index (χ1n) is 5.50. The summed E-state index contributed by atoms with van der Waals surface area (Å²) in [6, 6.07) is 9.67. The third-order valence-electron chi connectivity index (χ3n) is 3.02. The van der Waals surface area contributed by atoms with Crippen LogP contribution in [0.25, 0.3) is 5.69 Å². The molecule has 3 nitrogen and oxygen atoms in total. The molecule has 88 valence electrons. The molecular weight excluding hydrogens is 214 g/mol. The van der Waals surface area contributed by atoms with Gasteiger partial charge in [-0.1, -0.05) is 18.2 Å². The maximum absolute atomic E-state index is 11.1. The van der Waals surface area contributed by atoms with Crippen molar-refractivity contribution < 1.29 is 9.90 Å². The summed E-state index contributed by atoms with van der Waals surface area (Å²) < 4.78 is 1.98. The molecule has 1 aromatic heterocycles. The van der Waals surface area contributed by atoms with E-state index in [2.05, 4.69) is 0 Å². The smallest absolute Gasteiger partial charge is 0.337 e. The molecule has 1 heterocycles. The Labute approximate surface area is 100 Å². The molecular formula is C14H15NO2. The van der Waals surface area contributed by atoms with Gasteiger partial charge in [-0.05, 0) is 38.5 Å². The Morgan fingerprint density at radius 1 is 1.18 bits per heavy atom. The van der Waals surface area contributed by atoms with Gasteiger partial charge in [0.1, 0.15) is 0 Å². The molecule has 0 unspecified atom stereocenters. The van der Waals surface area contributed by atoms with Gasteiger partial charge in [-0.15, -0.1) is 0 Å². The van der Waals surface area contributed by atoms with Gasteiger partial charge in [-0.2, -0.15) is 0 Å². The Balaban J connectivity index is 2.69. The van der Waals surface area contributed by atoms with E-state index in [1.54, 1.807) is 6.07 Å². The van der Waals surface area contributed by atoms with Crippen LogP contribution in [0.1, 0.15) is 27.3 Å². The molecule has 2 rings (SSSR count). The number of aromatic nitrogens is 1. The maximum Gasteiger partial charge on any atom is 0.337 e. The fraction of sp³-hybridized carbons (Fsp3) is 0.214. The molecule has 0 radical (unpaired) electrons. The first kappa shape index (κ1) is 11.5. The number of aryl methyl sites for hydroxylation is 2. The highest BCUT2D eigenvalue weighted by molar-refractivity contribution is 5.89. The molecule has 0 atom stereocenters. The Kier molecular flexibility index (Phi) is 2.76. The first-order valence-corrected chi connectivity index (χ1v) is 5.50. The fourth-order valence-corrected chi connectivity index (χ4v) is 2.16. The molecule has 0 aliphatic heterocycles. The second-order valence-corrected chi connectivity index (χ2v) is 4.21. The second kappa shape index (κ2) is 4.09. The standard InChI is InChI=1S/C14H15NO2/c1-9-6-4-5-7-13(9)15-10(2)8-12(11(15)3)14(16)17/h4-8H,1-3H3,(H,16,17). The number of nitrogens with zero attached hydrogens (tertiary/aromatic N) is 1. The van der Waals surface area contributed by atoms with Gasteiger partial charge in [0.2, 0.25) is 0 Å². The fourth-order valence-electron chi connectivity index (χ4n) is 2.16. The van der Waals surface area contributed by atoms with Gasteiger partial charge < -0.3 is 9.67 Å². The number of carboxylic acid groups (broad SMARTS) is 1. The molecule has 0 aliphatic rings. The van der Waals surface area contributed by atoms with Gasteiger partial charge in [0.25, 0.3) is 0 Å². The van der Waals surface area contributed by atoms with Crippen molar-refractivity contribution in [2.45, 2.75) is 20.8 Å².